The SMILES string of the molecule is C#CC(=O)N1CCC(C2CCCn3c2nc(-c2ccc(Oc4ccccc4)cc2)c3C(N)=O)CC1. The van der Waals surface area contributed by atoms with Gasteiger partial charge in [-0.15, -0.1) is 6.42 Å². The number of likely N-dealkylation sites (tertiary alicyclic amines) is 1. The molecule has 2 aliphatic rings. The molecule has 3 aromatic rings. The predicted octanol–water partition coefficient (Wildman–Crippen LogP) is 4.19. The molecule has 1 saturated heterocycles. The number of nitrogens with two attached hydrogens (primary N) is 1. The van der Waals surface area contributed by atoms with Gasteiger partial charge in [0.25, 0.3) is 11.8 Å². The number of imidazole rings is 1. The maximum Gasteiger partial charge on any atom is 0.298 e. The van der Waals surface area contributed by atoms with Crippen molar-refractivity contribution in [2.24, 2.45) is 11.7 Å². The average Bonchev–Trinajstić information content (AvgIpc) is 3.29. The minimum Gasteiger partial charge on any atom is -0.457 e. The van der Waals surface area contributed by atoms with E-state index < -0.39 is 5.91 Å². The first-order valence-electron chi connectivity index (χ1n) is 12.0. The molecule has 7 nitrogen and oxygen atoms in total. The van der Waals surface area contributed by atoms with Crippen molar-refractivity contribution in [2.75, 3.05) is 13.1 Å². The van der Waals surface area contributed by atoms with E-state index in [1.165, 1.54) is 0 Å². The first-order chi connectivity index (χ1) is 17.0. The second kappa shape index (κ2) is 9.67. The predicted molar refractivity (Wildman–Crippen MR) is 133 cm³/mol. The Morgan fingerprint density at radius 1 is 0.971 bits per heavy atom. The number of piperidine rings is 1. The molecule has 1 aromatic heterocycles. The number of ether oxygens (including phenoxy) is 1. The number of carbonyl (C=O) groups excluding carboxylic acids is 2. The van der Waals surface area contributed by atoms with Crippen molar-refractivity contribution in [2.45, 2.75) is 38.1 Å². The maximum absolute atomic E-state index is 12.5. The van der Waals surface area contributed by atoms with Gasteiger partial charge in [0, 0.05) is 31.1 Å². The van der Waals surface area contributed by atoms with Gasteiger partial charge in [0.15, 0.2) is 0 Å². The molecule has 0 aliphatic carbocycles. The highest BCUT2D eigenvalue weighted by Crippen LogP contribution is 2.41. The Bertz CT molecular complexity index is 1270. The van der Waals surface area contributed by atoms with Crippen LogP contribution >= 0.6 is 0 Å². The monoisotopic (exact) mass is 468 g/mol. The van der Waals surface area contributed by atoms with Crippen molar-refractivity contribution in [1.29, 1.82) is 0 Å². The van der Waals surface area contributed by atoms with Gasteiger partial charge in [-0.1, -0.05) is 18.2 Å². The minimum absolute atomic E-state index is 0.222. The molecule has 1 atom stereocenters. The smallest absolute Gasteiger partial charge is 0.298 e. The lowest BCUT2D eigenvalue weighted by Gasteiger charge is -2.37. The number of carbonyl (C=O) groups is 2. The van der Waals surface area contributed by atoms with Crippen LogP contribution in [0, 0.1) is 18.3 Å². The molecule has 0 saturated carbocycles. The summed E-state index contributed by atoms with van der Waals surface area (Å²) < 4.78 is 7.91. The average molecular weight is 469 g/mol. The fourth-order valence-corrected chi connectivity index (χ4v) is 5.38. The van der Waals surface area contributed by atoms with E-state index in [9.17, 15) is 9.59 Å². The zero-order valence-electron chi connectivity index (χ0n) is 19.5. The Balaban J connectivity index is 1.41. The van der Waals surface area contributed by atoms with Gasteiger partial charge in [0.1, 0.15) is 28.7 Å². The number of benzene rings is 2. The first-order valence-corrected chi connectivity index (χ1v) is 12.0. The minimum atomic E-state index is -0.474. The van der Waals surface area contributed by atoms with Crippen LogP contribution in [0.15, 0.2) is 54.6 Å². The lowest BCUT2D eigenvalue weighted by molar-refractivity contribution is -0.126. The van der Waals surface area contributed by atoms with E-state index in [0.717, 1.165) is 49.4 Å². The molecule has 0 spiro atoms. The first kappa shape index (κ1) is 22.7. The van der Waals surface area contributed by atoms with Gasteiger partial charge in [0.2, 0.25) is 0 Å². The summed E-state index contributed by atoms with van der Waals surface area (Å²) in [4.78, 5) is 31.1. The van der Waals surface area contributed by atoms with Crippen molar-refractivity contribution >= 4 is 11.8 Å². The second-order valence-electron chi connectivity index (χ2n) is 9.15. The molecular formula is C28H28N4O3. The van der Waals surface area contributed by atoms with Crippen molar-refractivity contribution in [3.63, 3.8) is 0 Å². The molecular weight excluding hydrogens is 440 g/mol. The fraction of sp³-hybridized carbons (Fsp3) is 0.321. The summed E-state index contributed by atoms with van der Waals surface area (Å²) in [5.41, 5.74) is 7.76. The van der Waals surface area contributed by atoms with E-state index >= 15 is 0 Å². The van der Waals surface area contributed by atoms with Crippen LogP contribution in [0.4, 0.5) is 0 Å². The van der Waals surface area contributed by atoms with Crippen LogP contribution in [0.25, 0.3) is 11.3 Å². The van der Waals surface area contributed by atoms with E-state index in [4.69, 9.17) is 21.9 Å². The molecule has 5 rings (SSSR count). The van der Waals surface area contributed by atoms with Gasteiger partial charge in [0.05, 0.1) is 0 Å². The van der Waals surface area contributed by atoms with Crippen LogP contribution in [0.3, 0.4) is 0 Å². The lowest BCUT2D eigenvalue weighted by Crippen LogP contribution is -2.40. The van der Waals surface area contributed by atoms with Crippen LogP contribution in [0.2, 0.25) is 0 Å². The normalized spacial score (nSPS) is 17.9. The lowest BCUT2D eigenvalue weighted by atomic mass is 9.79. The highest BCUT2D eigenvalue weighted by atomic mass is 16.5. The Morgan fingerprint density at radius 2 is 1.66 bits per heavy atom. The highest BCUT2D eigenvalue weighted by Gasteiger charge is 2.36. The Kier molecular flexibility index (Phi) is 6.28. The summed E-state index contributed by atoms with van der Waals surface area (Å²) in [6.45, 7) is 2.04. The van der Waals surface area contributed by atoms with E-state index in [-0.39, 0.29) is 11.8 Å². The quantitative estimate of drug-likeness (QED) is 0.569. The van der Waals surface area contributed by atoms with Crippen molar-refractivity contribution in [3.8, 4) is 35.1 Å². The standard InChI is InChI=1S/C28H28N4O3/c1-2-24(33)31-17-14-19(15-18-31)23-9-6-16-32-26(27(29)34)25(30-28(23)32)20-10-12-22(13-11-20)35-21-7-4-3-5-8-21/h1,3-5,7-8,10-13,19,23H,6,9,14-18H2,(H2,29,34). The number of primary amides is 1. The zero-order chi connectivity index (χ0) is 24.4. The number of hydrogen-bond donors (Lipinski definition) is 1. The van der Waals surface area contributed by atoms with Gasteiger partial charge >= 0.3 is 0 Å². The molecule has 1 fully saturated rings. The van der Waals surface area contributed by atoms with Crippen molar-refractivity contribution in [3.05, 3.63) is 66.1 Å². The fourth-order valence-electron chi connectivity index (χ4n) is 5.38. The zero-order valence-corrected chi connectivity index (χ0v) is 19.5. The van der Waals surface area contributed by atoms with E-state index in [1.807, 2.05) is 59.2 Å². The van der Waals surface area contributed by atoms with Gasteiger partial charge in [-0.2, -0.15) is 0 Å². The van der Waals surface area contributed by atoms with Crippen LogP contribution < -0.4 is 10.5 Å². The third kappa shape index (κ3) is 4.52. The van der Waals surface area contributed by atoms with Crippen LogP contribution in [-0.2, 0) is 11.3 Å². The summed E-state index contributed by atoms with van der Waals surface area (Å²) in [6, 6.07) is 17.2. The third-order valence-electron chi connectivity index (χ3n) is 7.09. The number of rotatable bonds is 5. The molecule has 0 bridgehead atoms. The van der Waals surface area contributed by atoms with E-state index in [1.54, 1.807) is 4.90 Å². The van der Waals surface area contributed by atoms with Crippen LogP contribution in [0.5, 0.6) is 11.5 Å². The van der Waals surface area contributed by atoms with Gasteiger partial charge < -0.3 is 19.9 Å². The maximum atomic E-state index is 12.5. The molecule has 2 aliphatic heterocycles. The largest absolute Gasteiger partial charge is 0.457 e. The summed E-state index contributed by atoms with van der Waals surface area (Å²) >= 11 is 0. The Labute approximate surface area is 204 Å². The molecule has 2 N–H and O–H groups in total. The molecule has 7 heteroatoms. The van der Waals surface area contributed by atoms with Crippen molar-refractivity contribution < 1.29 is 14.3 Å². The molecule has 1 unspecified atom stereocenters. The summed E-state index contributed by atoms with van der Waals surface area (Å²) in [7, 11) is 0. The highest BCUT2D eigenvalue weighted by molar-refractivity contribution is 5.97. The second-order valence-corrected chi connectivity index (χ2v) is 9.15. The third-order valence-corrected chi connectivity index (χ3v) is 7.09. The van der Waals surface area contributed by atoms with Gasteiger partial charge in [-0.3, -0.25) is 9.59 Å². The molecule has 2 amide bonds. The topological polar surface area (TPSA) is 90.4 Å². The number of amides is 2. The summed E-state index contributed by atoms with van der Waals surface area (Å²) in [5.74, 6) is 4.49. The summed E-state index contributed by atoms with van der Waals surface area (Å²) in [6.07, 6.45) is 9.00. The molecule has 0 radical (unpaired) electrons. The number of para-hydroxylation sites is 1. The number of nitrogens with zero attached hydrogens (tertiary/aromatic N) is 3. The van der Waals surface area contributed by atoms with Gasteiger partial charge in [-0.25, -0.2) is 4.98 Å². The summed E-state index contributed by atoms with van der Waals surface area (Å²) in [5, 5.41) is 0. The number of fused-ring (bicyclic) bond motifs is 1. The van der Waals surface area contributed by atoms with E-state index in [0.29, 0.717) is 36.1 Å². The Hall–Kier alpha value is -4.05. The van der Waals surface area contributed by atoms with Gasteiger partial charge in [-0.05, 0) is 73.9 Å². The van der Waals surface area contributed by atoms with Crippen LogP contribution in [-0.4, -0.2) is 39.4 Å². The number of terminal acetylenes is 1. The number of hydrogen-bond acceptors (Lipinski definition) is 4. The van der Waals surface area contributed by atoms with Crippen LogP contribution in [0.1, 0.15) is 47.9 Å². The Morgan fingerprint density at radius 3 is 2.31 bits per heavy atom. The molecule has 35 heavy (non-hydrogen) atoms. The van der Waals surface area contributed by atoms with E-state index in [2.05, 4.69) is 5.92 Å². The number of aromatic nitrogens is 2. The molecule has 2 aromatic carbocycles. The van der Waals surface area contributed by atoms with Crippen molar-refractivity contribution in [1.82, 2.24) is 14.5 Å². The molecule has 178 valence electrons. The molecule has 3 heterocycles.